The molecule has 0 aliphatic carbocycles. The number of carbonyl (C=O) groups is 1. The average molecular weight is 382 g/mol. The minimum absolute atomic E-state index is 0.0589. The molecule has 0 saturated carbocycles. The molecule has 1 saturated heterocycles. The van der Waals surface area contributed by atoms with E-state index in [-0.39, 0.29) is 18.0 Å². The quantitative estimate of drug-likeness (QED) is 0.691. The van der Waals surface area contributed by atoms with Crippen LogP contribution in [0.5, 0.6) is 0 Å². The molecule has 1 atom stereocenters. The molecule has 0 aromatic heterocycles. The van der Waals surface area contributed by atoms with E-state index in [2.05, 4.69) is 64.1 Å². The maximum atomic E-state index is 12.1. The first-order valence-corrected chi connectivity index (χ1v) is 10.1. The predicted octanol–water partition coefficient (Wildman–Crippen LogP) is 2.90. The van der Waals surface area contributed by atoms with Crippen LogP contribution in [0.25, 0.3) is 0 Å². The summed E-state index contributed by atoms with van der Waals surface area (Å²) in [7, 11) is 0. The van der Waals surface area contributed by atoms with Gasteiger partial charge in [0.1, 0.15) is 0 Å². The Morgan fingerprint density at radius 2 is 1.64 bits per heavy atom. The van der Waals surface area contributed by atoms with Crippen molar-refractivity contribution in [2.24, 2.45) is 0 Å². The molecule has 3 N–H and O–H groups in total. The Balaban J connectivity index is 1.63. The van der Waals surface area contributed by atoms with Gasteiger partial charge >= 0.3 is 6.03 Å². The number of rotatable bonds is 7. The monoisotopic (exact) mass is 381 g/mol. The topological polar surface area (TPSA) is 64.6 Å². The molecule has 3 rings (SSSR count). The van der Waals surface area contributed by atoms with Crippen molar-refractivity contribution in [1.29, 1.82) is 0 Å². The van der Waals surface area contributed by atoms with Crippen LogP contribution in [0.15, 0.2) is 60.7 Å². The van der Waals surface area contributed by atoms with Crippen molar-refractivity contribution in [2.75, 3.05) is 26.2 Å². The van der Waals surface area contributed by atoms with Gasteiger partial charge in [-0.15, -0.1) is 0 Å². The van der Waals surface area contributed by atoms with E-state index in [1.807, 2.05) is 12.1 Å². The van der Waals surface area contributed by atoms with Crippen molar-refractivity contribution in [3.05, 3.63) is 71.8 Å². The van der Waals surface area contributed by atoms with Crippen molar-refractivity contribution in [3.63, 3.8) is 0 Å². The number of urea groups is 1. The number of aliphatic hydroxyl groups excluding tert-OH is 1. The summed E-state index contributed by atoms with van der Waals surface area (Å²) in [6.45, 7) is 5.49. The van der Waals surface area contributed by atoms with Crippen molar-refractivity contribution >= 4 is 6.03 Å². The highest BCUT2D eigenvalue weighted by atomic mass is 16.3. The molecule has 5 nitrogen and oxygen atoms in total. The van der Waals surface area contributed by atoms with Crippen LogP contribution in [0, 0.1) is 0 Å². The summed E-state index contributed by atoms with van der Waals surface area (Å²) in [5, 5.41) is 15.1. The molecule has 150 valence electrons. The van der Waals surface area contributed by atoms with Crippen LogP contribution in [-0.4, -0.2) is 48.3 Å². The second kappa shape index (κ2) is 9.71. The van der Waals surface area contributed by atoms with E-state index < -0.39 is 6.10 Å². The van der Waals surface area contributed by atoms with E-state index in [0.717, 1.165) is 32.5 Å². The first-order valence-electron chi connectivity index (χ1n) is 10.1. The van der Waals surface area contributed by atoms with E-state index >= 15 is 0 Å². The van der Waals surface area contributed by atoms with Gasteiger partial charge in [0.15, 0.2) is 0 Å². The normalized spacial score (nSPS) is 17.6. The van der Waals surface area contributed by atoms with Crippen LogP contribution >= 0.6 is 0 Å². The summed E-state index contributed by atoms with van der Waals surface area (Å²) >= 11 is 0. The highest BCUT2D eigenvalue weighted by Crippen LogP contribution is 2.35. The van der Waals surface area contributed by atoms with E-state index in [0.29, 0.717) is 6.54 Å². The van der Waals surface area contributed by atoms with Gasteiger partial charge in [-0.1, -0.05) is 60.7 Å². The maximum absolute atomic E-state index is 12.1. The molecule has 1 heterocycles. The molecular formula is C23H31N3O2. The minimum atomic E-state index is -0.546. The minimum Gasteiger partial charge on any atom is -0.392 e. The second-order valence-corrected chi connectivity index (χ2v) is 7.82. The third-order valence-electron chi connectivity index (χ3n) is 5.59. The van der Waals surface area contributed by atoms with Gasteiger partial charge in [0.2, 0.25) is 0 Å². The van der Waals surface area contributed by atoms with Crippen LogP contribution in [0.2, 0.25) is 0 Å². The SMILES string of the molecule is C[C@@H](O)CNC(=O)NCC1(c2ccccc2)CCN(Cc2ccccc2)CC1. The molecule has 28 heavy (non-hydrogen) atoms. The molecule has 2 aromatic rings. The lowest BCUT2D eigenvalue weighted by atomic mass is 9.72. The second-order valence-electron chi connectivity index (χ2n) is 7.82. The largest absolute Gasteiger partial charge is 0.392 e. The fraction of sp³-hybridized carbons (Fsp3) is 0.435. The van der Waals surface area contributed by atoms with Gasteiger partial charge in [-0.05, 0) is 44.0 Å². The lowest BCUT2D eigenvalue weighted by Gasteiger charge is -2.42. The van der Waals surface area contributed by atoms with Gasteiger partial charge in [0.05, 0.1) is 6.10 Å². The Kier molecular flexibility index (Phi) is 7.06. The summed E-state index contributed by atoms with van der Waals surface area (Å²) in [4.78, 5) is 14.6. The lowest BCUT2D eigenvalue weighted by Crippen LogP contribution is -2.50. The summed E-state index contributed by atoms with van der Waals surface area (Å²) < 4.78 is 0. The van der Waals surface area contributed by atoms with Crippen molar-refractivity contribution in [2.45, 2.75) is 37.8 Å². The first-order chi connectivity index (χ1) is 13.6. The molecule has 5 heteroatoms. The van der Waals surface area contributed by atoms with Crippen LogP contribution in [-0.2, 0) is 12.0 Å². The molecule has 1 aliphatic rings. The van der Waals surface area contributed by atoms with Crippen LogP contribution in [0.4, 0.5) is 4.79 Å². The van der Waals surface area contributed by atoms with Crippen LogP contribution < -0.4 is 10.6 Å². The fourth-order valence-corrected chi connectivity index (χ4v) is 3.89. The summed E-state index contributed by atoms with van der Waals surface area (Å²) in [6.07, 6.45) is 1.45. The molecule has 2 aromatic carbocycles. The van der Waals surface area contributed by atoms with Gasteiger partial charge in [0, 0.05) is 25.0 Å². The third kappa shape index (κ3) is 5.57. The zero-order valence-electron chi connectivity index (χ0n) is 16.6. The van der Waals surface area contributed by atoms with Crippen molar-refractivity contribution in [3.8, 4) is 0 Å². The number of aliphatic hydroxyl groups is 1. The Hall–Kier alpha value is -2.37. The van der Waals surface area contributed by atoms with Crippen LogP contribution in [0.3, 0.4) is 0 Å². The molecular weight excluding hydrogens is 350 g/mol. The average Bonchev–Trinajstić information content (AvgIpc) is 2.73. The summed E-state index contributed by atoms with van der Waals surface area (Å²) in [6, 6.07) is 20.9. The molecule has 0 unspecified atom stereocenters. The van der Waals surface area contributed by atoms with Gasteiger partial charge in [0.25, 0.3) is 0 Å². The highest BCUT2D eigenvalue weighted by molar-refractivity contribution is 5.74. The maximum Gasteiger partial charge on any atom is 0.314 e. The number of piperidine rings is 1. The van der Waals surface area contributed by atoms with Gasteiger partial charge < -0.3 is 15.7 Å². The lowest BCUT2D eigenvalue weighted by molar-refractivity contribution is 0.149. The van der Waals surface area contributed by atoms with Gasteiger partial charge in [-0.25, -0.2) is 4.79 Å². The first kappa shape index (κ1) is 20.4. The molecule has 1 fully saturated rings. The number of benzene rings is 2. The van der Waals surface area contributed by atoms with Gasteiger partial charge in [-0.2, -0.15) is 0 Å². The van der Waals surface area contributed by atoms with Gasteiger partial charge in [-0.3, -0.25) is 4.90 Å². The standard InChI is InChI=1S/C23H31N3O2/c1-19(27)16-24-22(28)25-18-23(21-10-6-3-7-11-21)12-14-26(15-13-23)17-20-8-4-2-5-9-20/h2-11,19,27H,12-18H2,1H3,(H2,24,25,28)/t19-/m1/s1. The number of hydrogen-bond donors (Lipinski definition) is 3. The zero-order chi connectivity index (χ0) is 19.8. The number of hydrogen-bond acceptors (Lipinski definition) is 3. The molecule has 0 radical (unpaired) electrons. The van der Waals surface area contributed by atoms with Crippen LogP contribution in [0.1, 0.15) is 30.9 Å². The predicted molar refractivity (Wildman–Crippen MR) is 112 cm³/mol. The Bertz CT molecular complexity index is 726. The van der Waals surface area contributed by atoms with E-state index in [1.54, 1.807) is 6.92 Å². The Labute approximate surface area is 167 Å². The summed E-state index contributed by atoms with van der Waals surface area (Å²) in [5.41, 5.74) is 2.56. The third-order valence-corrected chi connectivity index (χ3v) is 5.59. The molecule has 0 spiro atoms. The molecule has 2 amide bonds. The highest BCUT2D eigenvalue weighted by Gasteiger charge is 2.36. The van der Waals surface area contributed by atoms with Crippen molar-refractivity contribution in [1.82, 2.24) is 15.5 Å². The number of carbonyl (C=O) groups excluding carboxylic acids is 1. The fourth-order valence-electron chi connectivity index (χ4n) is 3.89. The Morgan fingerprint density at radius 3 is 2.25 bits per heavy atom. The smallest absolute Gasteiger partial charge is 0.314 e. The number of amides is 2. The molecule has 1 aliphatic heterocycles. The Morgan fingerprint density at radius 1 is 1.04 bits per heavy atom. The summed E-state index contributed by atoms with van der Waals surface area (Å²) in [5.74, 6) is 0. The number of nitrogens with zero attached hydrogens (tertiary/aromatic N) is 1. The molecule has 0 bridgehead atoms. The van der Waals surface area contributed by atoms with Crippen molar-refractivity contribution < 1.29 is 9.90 Å². The van der Waals surface area contributed by atoms with E-state index in [4.69, 9.17) is 0 Å². The number of nitrogens with one attached hydrogen (secondary N) is 2. The zero-order valence-corrected chi connectivity index (χ0v) is 16.6. The van der Waals surface area contributed by atoms with E-state index in [9.17, 15) is 9.90 Å². The van der Waals surface area contributed by atoms with E-state index in [1.165, 1.54) is 11.1 Å². The number of likely N-dealkylation sites (tertiary alicyclic amines) is 1.